The molecule has 15 heavy (non-hydrogen) atoms. The van der Waals surface area contributed by atoms with Crippen molar-refractivity contribution < 1.29 is 18.0 Å². The minimum absolute atomic E-state index is 0.195. The second-order valence-corrected chi connectivity index (χ2v) is 3.97. The maximum absolute atomic E-state index is 11.8. The highest BCUT2D eigenvalue weighted by Gasteiger charge is 2.37. The summed E-state index contributed by atoms with van der Waals surface area (Å²) < 4.78 is 35.5. The fourth-order valence-electron chi connectivity index (χ4n) is 1.61. The first-order valence-corrected chi connectivity index (χ1v) is 4.91. The van der Waals surface area contributed by atoms with E-state index in [-0.39, 0.29) is 12.1 Å². The Morgan fingerprint density at radius 1 is 1.53 bits per heavy atom. The molecule has 3 nitrogen and oxygen atoms in total. The molecule has 0 aliphatic carbocycles. The molecule has 1 saturated heterocycles. The molecule has 0 bridgehead atoms. The van der Waals surface area contributed by atoms with Crippen molar-refractivity contribution in [3.63, 3.8) is 0 Å². The van der Waals surface area contributed by atoms with Crippen molar-refractivity contribution in [1.29, 1.82) is 0 Å². The molecule has 1 aliphatic heterocycles. The summed E-state index contributed by atoms with van der Waals surface area (Å²) in [6.07, 6.45) is -3.69. The van der Waals surface area contributed by atoms with E-state index in [4.69, 9.17) is 0 Å². The summed E-state index contributed by atoms with van der Waals surface area (Å²) in [4.78, 5) is 13.2. The summed E-state index contributed by atoms with van der Waals surface area (Å²) in [6.45, 7) is 3.38. The Hall–Kier alpha value is -0.780. The number of carbonyl (C=O) groups excluding carboxylic acids is 1. The summed E-state index contributed by atoms with van der Waals surface area (Å²) in [5.74, 6) is -0.521. The predicted octanol–water partition coefficient (Wildman–Crippen LogP) is 1.15. The van der Waals surface area contributed by atoms with Gasteiger partial charge in [0, 0.05) is 12.6 Å². The van der Waals surface area contributed by atoms with Crippen LogP contribution in [0.3, 0.4) is 0 Å². The summed E-state index contributed by atoms with van der Waals surface area (Å²) in [6, 6.07) is -0.187. The molecule has 0 aromatic carbocycles. The van der Waals surface area contributed by atoms with Gasteiger partial charge in [0.2, 0.25) is 5.91 Å². The van der Waals surface area contributed by atoms with Crippen LogP contribution >= 0.6 is 0 Å². The Balaban J connectivity index is 2.35. The molecular formula is C9H15F3N2O. The normalized spacial score (nSPS) is 22.7. The molecule has 6 heteroatoms. The van der Waals surface area contributed by atoms with Gasteiger partial charge in [-0.2, -0.15) is 13.2 Å². The van der Waals surface area contributed by atoms with E-state index in [9.17, 15) is 18.0 Å². The fourth-order valence-corrected chi connectivity index (χ4v) is 1.61. The van der Waals surface area contributed by atoms with E-state index in [2.05, 4.69) is 0 Å². The van der Waals surface area contributed by atoms with E-state index in [0.717, 1.165) is 6.54 Å². The lowest BCUT2D eigenvalue weighted by molar-refractivity contribution is -0.145. The predicted molar refractivity (Wildman–Crippen MR) is 49.3 cm³/mol. The number of likely N-dealkylation sites (tertiary alicyclic amines) is 1. The molecule has 0 aromatic heterocycles. The van der Waals surface area contributed by atoms with E-state index in [1.54, 1.807) is 0 Å². The maximum Gasteiger partial charge on any atom is 0.405 e. The molecule has 1 unspecified atom stereocenters. The molecule has 1 N–H and O–H groups in total. The summed E-state index contributed by atoms with van der Waals surface area (Å²) >= 11 is 0. The van der Waals surface area contributed by atoms with E-state index in [1.807, 2.05) is 24.1 Å². The summed E-state index contributed by atoms with van der Waals surface area (Å²) in [5.41, 5.74) is 0. The summed E-state index contributed by atoms with van der Waals surface area (Å²) in [5, 5.41) is 1.90. The number of carbonyl (C=O) groups is 1. The van der Waals surface area contributed by atoms with Crippen molar-refractivity contribution in [2.24, 2.45) is 0 Å². The van der Waals surface area contributed by atoms with Crippen LogP contribution in [-0.4, -0.2) is 42.2 Å². The van der Waals surface area contributed by atoms with Crippen LogP contribution in [0.1, 0.15) is 20.3 Å². The molecule has 0 radical (unpaired) electrons. The first kappa shape index (κ1) is 12.3. The van der Waals surface area contributed by atoms with E-state index < -0.39 is 18.6 Å². The molecule has 88 valence electrons. The molecule has 1 amide bonds. The Morgan fingerprint density at radius 3 is 2.47 bits per heavy atom. The quantitative estimate of drug-likeness (QED) is 0.779. The second kappa shape index (κ2) is 4.38. The van der Waals surface area contributed by atoms with Gasteiger partial charge in [0.1, 0.15) is 6.54 Å². The lowest BCUT2D eigenvalue weighted by Gasteiger charge is -2.42. The second-order valence-electron chi connectivity index (χ2n) is 3.97. The average Bonchev–Trinajstić information content (AvgIpc) is 1.96. The average molecular weight is 224 g/mol. The number of nitrogens with one attached hydrogen (secondary N) is 1. The van der Waals surface area contributed by atoms with E-state index in [0.29, 0.717) is 6.42 Å². The highest BCUT2D eigenvalue weighted by Crippen LogP contribution is 2.21. The van der Waals surface area contributed by atoms with Crippen molar-refractivity contribution in [1.82, 2.24) is 10.2 Å². The van der Waals surface area contributed by atoms with Gasteiger partial charge < -0.3 is 5.32 Å². The molecule has 1 aliphatic rings. The molecule has 0 spiro atoms. The number of rotatable bonds is 3. The van der Waals surface area contributed by atoms with Gasteiger partial charge >= 0.3 is 6.18 Å². The van der Waals surface area contributed by atoms with Crippen molar-refractivity contribution in [2.75, 3.05) is 13.1 Å². The minimum Gasteiger partial charge on any atom is -0.346 e. The molecular weight excluding hydrogens is 209 g/mol. The molecule has 0 aromatic rings. The van der Waals surface area contributed by atoms with Crippen LogP contribution in [0.5, 0.6) is 0 Å². The largest absolute Gasteiger partial charge is 0.405 e. The number of nitrogens with zero attached hydrogens (tertiary/aromatic N) is 1. The monoisotopic (exact) mass is 224 g/mol. The fraction of sp³-hybridized carbons (Fsp3) is 0.889. The van der Waals surface area contributed by atoms with Gasteiger partial charge in [-0.1, -0.05) is 0 Å². The smallest absolute Gasteiger partial charge is 0.346 e. The zero-order chi connectivity index (χ0) is 11.6. The number of hydrogen-bond donors (Lipinski definition) is 1. The van der Waals surface area contributed by atoms with E-state index in [1.165, 1.54) is 0 Å². The highest BCUT2D eigenvalue weighted by molar-refractivity contribution is 5.82. The molecule has 1 atom stereocenters. The van der Waals surface area contributed by atoms with E-state index >= 15 is 0 Å². The number of alkyl halides is 3. The van der Waals surface area contributed by atoms with Crippen molar-refractivity contribution in [3.8, 4) is 0 Å². The number of halogens is 3. The molecule has 0 saturated carbocycles. The van der Waals surface area contributed by atoms with Gasteiger partial charge in [-0.05, 0) is 20.3 Å². The third-order valence-corrected chi connectivity index (χ3v) is 2.49. The van der Waals surface area contributed by atoms with Gasteiger partial charge in [0.05, 0.1) is 6.04 Å². The Bertz CT molecular complexity index is 240. The van der Waals surface area contributed by atoms with Crippen LogP contribution in [0.15, 0.2) is 0 Å². The standard InChI is InChI=1S/C9H15F3N2O/c1-6(2)14-4-3-7(14)8(15)13-5-9(10,11)12/h6-7H,3-5H2,1-2H3,(H,13,15). The lowest BCUT2D eigenvalue weighted by atomic mass is 10.00. The lowest BCUT2D eigenvalue weighted by Crippen LogP contribution is -2.59. The van der Waals surface area contributed by atoms with Crippen LogP contribution in [0.25, 0.3) is 0 Å². The van der Waals surface area contributed by atoms with Crippen LogP contribution in [-0.2, 0) is 4.79 Å². The zero-order valence-corrected chi connectivity index (χ0v) is 8.77. The summed E-state index contributed by atoms with van der Waals surface area (Å²) in [7, 11) is 0. The first-order valence-electron chi connectivity index (χ1n) is 4.91. The maximum atomic E-state index is 11.8. The van der Waals surface area contributed by atoms with Crippen LogP contribution in [0.2, 0.25) is 0 Å². The van der Waals surface area contributed by atoms with Gasteiger partial charge in [-0.25, -0.2) is 0 Å². The van der Waals surface area contributed by atoms with Gasteiger partial charge in [0.15, 0.2) is 0 Å². The first-order chi connectivity index (χ1) is 6.81. The molecule has 1 heterocycles. The Labute approximate surface area is 86.6 Å². The molecule has 1 rings (SSSR count). The Kier molecular flexibility index (Phi) is 3.59. The SMILES string of the molecule is CC(C)N1CCC1C(=O)NCC(F)(F)F. The third kappa shape index (κ3) is 3.37. The van der Waals surface area contributed by atoms with Crippen molar-refractivity contribution in [3.05, 3.63) is 0 Å². The van der Waals surface area contributed by atoms with Crippen LogP contribution in [0.4, 0.5) is 13.2 Å². The third-order valence-electron chi connectivity index (χ3n) is 2.49. The van der Waals surface area contributed by atoms with Gasteiger partial charge in [0.25, 0.3) is 0 Å². The number of amides is 1. The van der Waals surface area contributed by atoms with Crippen molar-refractivity contribution >= 4 is 5.91 Å². The zero-order valence-electron chi connectivity index (χ0n) is 8.77. The topological polar surface area (TPSA) is 32.3 Å². The molecule has 1 fully saturated rings. The van der Waals surface area contributed by atoms with Gasteiger partial charge in [-0.3, -0.25) is 9.69 Å². The Morgan fingerprint density at radius 2 is 2.13 bits per heavy atom. The highest BCUT2D eigenvalue weighted by atomic mass is 19.4. The van der Waals surface area contributed by atoms with Gasteiger partial charge in [-0.15, -0.1) is 0 Å². The van der Waals surface area contributed by atoms with Crippen LogP contribution in [0, 0.1) is 0 Å². The minimum atomic E-state index is -4.33. The number of hydrogen-bond acceptors (Lipinski definition) is 2. The van der Waals surface area contributed by atoms with Crippen molar-refractivity contribution in [2.45, 2.75) is 38.5 Å². The van der Waals surface area contributed by atoms with Crippen LogP contribution < -0.4 is 5.32 Å².